The Kier molecular flexibility index (Phi) is 8.73. The fourth-order valence-electron chi connectivity index (χ4n) is 1.96. The van der Waals surface area contributed by atoms with Crippen molar-refractivity contribution < 1.29 is 0 Å². The highest BCUT2D eigenvalue weighted by Crippen LogP contribution is 2.27. The average molecular weight is 360 g/mol. The first-order valence-corrected chi connectivity index (χ1v) is 9.31. The van der Waals surface area contributed by atoms with Gasteiger partial charge in [-0.3, -0.25) is 0 Å². The molecule has 1 aromatic rings. The number of hydrogen-bond acceptors (Lipinski definition) is 2. The van der Waals surface area contributed by atoms with E-state index in [1.807, 2.05) is 26.0 Å². The van der Waals surface area contributed by atoms with Crippen molar-refractivity contribution in [2.75, 3.05) is 5.88 Å². The second-order valence-corrected chi connectivity index (χ2v) is 7.19. The van der Waals surface area contributed by atoms with E-state index in [-0.39, 0.29) is 0 Å². The summed E-state index contributed by atoms with van der Waals surface area (Å²) in [4.78, 5) is 1.20. The van der Waals surface area contributed by atoms with Crippen LogP contribution in [-0.4, -0.2) is 5.88 Å². The highest BCUT2D eigenvalue weighted by molar-refractivity contribution is 8.02. The molecule has 0 radical (unpaired) electrons. The molecule has 0 saturated carbocycles. The van der Waals surface area contributed by atoms with Gasteiger partial charge in [-0.15, -0.1) is 23.4 Å². The predicted molar refractivity (Wildman–Crippen MR) is 112 cm³/mol. The maximum Gasteiger partial charge on any atom is 0.0413 e. The molecule has 0 aliphatic carbocycles. The van der Waals surface area contributed by atoms with E-state index in [1.165, 1.54) is 10.5 Å². The van der Waals surface area contributed by atoms with Crippen LogP contribution >= 0.6 is 23.4 Å². The Morgan fingerprint density at radius 3 is 2.50 bits per heavy atom. The van der Waals surface area contributed by atoms with Gasteiger partial charge in [0.05, 0.1) is 0 Å². The molecule has 2 N–H and O–H groups in total. The summed E-state index contributed by atoms with van der Waals surface area (Å²) in [6, 6.07) is 8.52. The quantitative estimate of drug-likeness (QED) is 0.427. The van der Waals surface area contributed by atoms with Crippen molar-refractivity contribution in [1.29, 1.82) is 0 Å². The van der Waals surface area contributed by atoms with Gasteiger partial charge in [0.2, 0.25) is 0 Å². The highest BCUT2D eigenvalue weighted by atomic mass is 35.5. The van der Waals surface area contributed by atoms with E-state index in [2.05, 4.69) is 50.4 Å². The number of halogens is 1. The van der Waals surface area contributed by atoms with Crippen LogP contribution in [0.5, 0.6) is 0 Å². The molecule has 0 fully saturated rings. The molecule has 0 saturated heterocycles. The number of nitrogens with two attached hydrogens (primary N) is 1. The van der Waals surface area contributed by atoms with E-state index in [1.54, 1.807) is 11.8 Å². The maximum atomic E-state index is 5.91. The summed E-state index contributed by atoms with van der Waals surface area (Å²) >= 11 is 7.68. The van der Waals surface area contributed by atoms with Gasteiger partial charge in [-0.2, -0.15) is 0 Å². The lowest BCUT2D eigenvalue weighted by Gasteiger charge is -2.09. The summed E-state index contributed by atoms with van der Waals surface area (Å²) in [6.07, 6.45) is 6.08. The molecule has 24 heavy (non-hydrogen) atoms. The zero-order valence-corrected chi connectivity index (χ0v) is 16.3. The SMILES string of the molecule is C=C(C)/C=C\C(=C/CCl)c1cccc(CS/C(C)=C(\C)C(=C)N)c1. The molecule has 1 aromatic carbocycles. The van der Waals surface area contributed by atoms with Gasteiger partial charge >= 0.3 is 0 Å². The van der Waals surface area contributed by atoms with E-state index < -0.39 is 0 Å². The van der Waals surface area contributed by atoms with Crippen LogP contribution in [0.4, 0.5) is 0 Å². The average Bonchev–Trinajstić information content (AvgIpc) is 2.55. The van der Waals surface area contributed by atoms with E-state index in [9.17, 15) is 0 Å². The van der Waals surface area contributed by atoms with Gasteiger partial charge in [0.1, 0.15) is 0 Å². The molecule has 0 atom stereocenters. The third-order valence-electron chi connectivity index (χ3n) is 3.57. The number of alkyl halides is 1. The second kappa shape index (κ2) is 10.3. The summed E-state index contributed by atoms with van der Waals surface area (Å²) in [5, 5.41) is 0. The lowest BCUT2D eigenvalue weighted by atomic mass is 10.0. The van der Waals surface area contributed by atoms with E-state index >= 15 is 0 Å². The van der Waals surface area contributed by atoms with Gasteiger partial charge < -0.3 is 5.73 Å². The minimum atomic E-state index is 0.481. The lowest BCUT2D eigenvalue weighted by molar-refractivity contribution is 1.28. The van der Waals surface area contributed by atoms with Gasteiger partial charge in [-0.25, -0.2) is 0 Å². The van der Waals surface area contributed by atoms with Crippen LogP contribution in [0, 0.1) is 0 Å². The van der Waals surface area contributed by atoms with Crippen LogP contribution in [0.1, 0.15) is 31.9 Å². The van der Waals surface area contributed by atoms with Crippen LogP contribution in [0.2, 0.25) is 0 Å². The van der Waals surface area contributed by atoms with E-state index in [0.29, 0.717) is 11.6 Å². The van der Waals surface area contributed by atoms with Crippen molar-refractivity contribution in [3.8, 4) is 0 Å². The molecule has 0 spiro atoms. The molecular weight excluding hydrogens is 334 g/mol. The maximum absolute atomic E-state index is 5.91. The summed E-state index contributed by atoms with van der Waals surface area (Å²) in [5.74, 6) is 1.37. The number of rotatable bonds is 8. The molecule has 0 aromatic heterocycles. The van der Waals surface area contributed by atoms with Gasteiger partial charge in [-0.1, -0.05) is 61.2 Å². The Balaban J connectivity index is 2.97. The minimum Gasteiger partial charge on any atom is -0.399 e. The first kappa shape index (κ1) is 20.4. The first-order chi connectivity index (χ1) is 11.3. The molecule has 0 heterocycles. The Morgan fingerprint density at radius 2 is 1.92 bits per heavy atom. The fourth-order valence-corrected chi connectivity index (χ4v) is 3.04. The van der Waals surface area contributed by atoms with Crippen LogP contribution in [-0.2, 0) is 5.75 Å². The Bertz CT molecular complexity index is 696. The van der Waals surface area contributed by atoms with Crippen molar-refractivity contribution in [2.24, 2.45) is 5.73 Å². The van der Waals surface area contributed by atoms with Crippen LogP contribution in [0.3, 0.4) is 0 Å². The largest absolute Gasteiger partial charge is 0.399 e. The number of thioether (sulfide) groups is 1. The molecule has 0 aliphatic rings. The van der Waals surface area contributed by atoms with E-state index in [4.69, 9.17) is 17.3 Å². The summed E-state index contributed by atoms with van der Waals surface area (Å²) in [6.45, 7) is 13.8. The molecule has 0 amide bonds. The number of hydrogen-bond donors (Lipinski definition) is 1. The molecule has 3 heteroatoms. The second-order valence-electron chi connectivity index (χ2n) is 5.69. The Morgan fingerprint density at radius 1 is 1.21 bits per heavy atom. The normalized spacial score (nSPS) is 13.1. The monoisotopic (exact) mass is 359 g/mol. The molecule has 128 valence electrons. The predicted octanol–water partition coefficient (Wildman–Crippen LogP) is 6.44. The topological polar surface area (TPSA) is 26.0 Å². The number of benzene rings is 1. The van der Waals surface area contributed by atoms with Crippen molar-refractivity contribution >= 4 is 28.9 Å². The zero-order valence-electron chi connectivity index (χ0n) is 14.7. The van der Waals surface area contributed by atoms with E-state index in [0.717, 1.165) is 28.0 Å². The molecule has 0 aliphatic heterocycles. The number of allylic oxidation sites excluding steroid dienone is 7. The summed E-state index contributed by atoms with van der Waals surface area (Å²) in [7, 11) is 0. The summed E-state index contributed by atoms with van der Waals surface area (Å²) in [5.41, 5.74) is 12.0. The molecule has 1 rings (SSSR count). The lowest BCUT2D eigenvalue weighted by Crippen LogP contribution is -1.97. The van der Waals surface area contributed by atoms with Crippen molar-refractivity contribution in [2.45, 2.75) is 26.5 Å². The van der Waals surface area contributed by atoms with Crippen LogP contribution in [0.25, 0.3) is 5.57 Å². The van der Waals surface area contributed by atoms with Crippen molar-refractivity contribution in [3.05, 3.63) is 88.5 Å². The van der Waals surface area contributed by atoms with Crippen LogP contribution < -0.4 is 5.73 Å². The first-order valence-electron chi connectivity index (χ1n) is 7.79. The Labute approximate surface area is 155 Å². The third-order valence-corrected chi connectivity index (χ3v) is 4.94. The molecule has 0 bridgehead atoms. The molecular formula is C21H26ClNS. The van der Waals surface area contributed by atoms with Gasteiger partial charge in [0.15, 0.2) is 0 Å². The highest BCUT2D eigenvalue weighted by Gasteiger charge is 2.03. The van der Waals surface area contributed by atoms with Crippen molar-refractivity contribution in [1.82, 2.24) is 0 Å². The standard InChI is InChI=1S/C21H26ClNS/c1-15(2)9-10-20(11-12-22)21-8-6-7-19(13-21)14-24-18(5)16(3)17(4)23/h6-11,13H,1,4,12,14,23H2,2-3,5H3/b10-9-,18-16+,20-11+. The minimum absolute atomic E-state index is 0.481. The third kappa shape index (κ3) is 6.86. The fraction of sp³-hybridized carbons (Fsp3) is 0.238. The van der Waals surface area contributed by atoms with Gasteiger partial charge in [0, 0.05) is 17.3 Å². The summed E-state index contributed by atoms with van der Waals surface area (Å²) < 4.78 is 0. The Hall–Kier alpha value is -1.64. The molecule has 0 unspecified atom stereocenters. The molecule has 1 nitrogen and oxygen atoms in total. The smallest absolute Gasteiger partial charge is 0.0413 e. The van der Waals surface area contributed by atoms with Crippen LogP contribution in [0.15, 0.2) is 77.4 Å². The van der Waals surface area contributed by atoms with Gasteiger partial charge in [-0.05, 0) is 47.9 Å². The zero-order chi connectivity index (χ0) is 18.1. The van der Waals surface area contributed by atoms with Gasteiger partial charge in [0.25, 0.3) is 0 Å². The van der Waals surface area contributed by atoms with Crippen molar-refractivity contribution in [3.63, 3.8) is 0 Å².